The SMILES string of the molecule is COc1ccc([C@@H]2CC(=O)C3=C(C2)NC(C)=C(C(=O)OC2CCCC2)[C@@H]3c2ccc(Cl)cc2)cc1. The Hall–Kier alpha value is -3.05. The van der Waals surface area contributed by atoms with E-state index in [2.05, 4.69) is 5.32 Å². The number of nitrogens with one attached hydrogen (secondary N) is 1. The van der Waals surface area contributed by atoms with Crippen LogP contribution in [-0.2, 0) is 14.3 Å². The minimum atomic E-state index is -0.471. The van der Waals surface area contributed by atoms with E-state index in [4.69, 9.17) is 21.1 Å². The van der Waals surface area contributed by atoms with Crippen molar-refractivity contribution in [1.29, 1.82) is 0 Å². The number of hydrogen-bond donors (Lipinski definition) is 1. The molecule has 0 saturated heterocycles. The lowest BCUT2D eigenvalue weighted by Gasteiger charge is -2.37. The number of Topliss-reactive ketones (excluding diaryl/α,β-unsaturated/α-hetero) is 1. The largest absolute Gasteiger partial charge is 0.497 e. The first-order chi connectivity index (χ1) is 16.9. The van der Waals surface area contributed by atoms with Crippen molar-refractivity contribution in [2.75, 3.05) is 7.11 Å². The first-order valence-corrected chi connectivity index (χ1v) is 12.7. The number of dihydropyridines is 1. The highest BCUT2D eigenvalue weighted by molar-refractivity contribution is 6.30. The lowest BCUT2D eigenvalue weighted by Crippen LogP contribution is -2.36. The Kier molecular flexibility index (Phi) is 6.70. The van der Waals surface area contributed by atoms with E-state index in [9.17, 15) is 9.59 Å². The molecule has 0 bridgehead atoms. The van der Waals surface area contributed by atoms with E-state index in [1.54, 1.807) is 7.11 Å². The zero-order chi connectivity index (χ0) is 24.5. The second kappa shape index (κ2) is 9.90. The van der Waals surface area contributed by atoms with Crippen LogP contribution in [0.2, 0.25) is 5.02 Å². The first kappa shape index (κ1) is 23.7. The quantitative estimate of drug-likeness (QED) is 0.505. The number of ether oxygens (including phenoxy) is 2. The summed E-state index contributed by atoms with van der Waals surface area (Å²) < 4.78 is 11.2. The Morgan fingerprint density at radius 3 is 2.29 bits per heavy atom. The van der Waals surface area contributed by atoms with Crippen LogP contribution in [0.3, 0.4) is 0 Å². The standard InChI is InChI=1S/C29H30ClNO4/c1-17-26(29(33)35-23-5-3-4-6-23)27(19-7-11-21(30)12-8-19)28-24(31-17)15-20(16-25(28)32)18-9-13-22(34-2)14-10-18/h7-14,20,23,27,31H,3-6,15-16H2,1-2H3/t20-,27-/m0/s1. The number of allylic oxidation sites excluding steroid dienone is 3. The topological polar surface area (TPSA) is 64.6 Å². The number of methoxy groups -OCH3 is 1. The fourth-order valence-electron chi connectivity index (χ4n) is 5.63. The smallest absolute Gasteiger partial charge is 0.337 e. The van der Waals surface area contributed by atoms with Crippen molar-refractivity contribution in [3.63, 3.8) is 0 Å². The Morgan fingerprint density at radius 2 is 1.63 bits per heavy atom. The molecule has 1 saturated carbocycles. The van der Waals surface area contributed by atoms with Gasteiger partial charge in [-0.15, -0.1) is 0 Å². The third kappa shape index (κ3) is 4.74. The van der Waals surface area contributed by atoms with Crippen molar-refractivity contribution in [3.05, 3.63) is 87.2 Å². The van der Waals surface area contributed by atoms with Crippen LogP contribution in [0.25, 0.3) is 0 Å². The van der Waals surface area contributed by atoms with Gasteiger partial charge >= 0.3 is 5.97 Å². The van der Waals surface area contributed by atoms with Crippen LogP contribution < -0.4 is 10.1 Å². The number of rotatable bonds is 5. The van der Waals surface area contributed by atoms with E-state index in [-0.39, 0.29) is 23.8 Å². The highest BCUT2D eigenvalue weighted by Gasteiger charge is 2.42. The monoisotopic (exact) mass is 491 g/mol. The summed E-state index contributed by atoms with van der Waals surface area (Å²) in [6, 6.07) is 15.3. The predicted molar refractivity (Wildman–Crippen MR) is 135 cm³/mol. The zero-order valence-corrected chi connectivity index (χ0v) is 20.9. The number of carbonyl (C=O) groups excluding carboxylic acids is 2. The van der Waals surface area contributed by atoms with E-state index >= 15 is 0 Å². The molecule has 2 atom stereocenters. The number of ketones is 1. The van der Waals surface area contributed by atoms with Gasteiger partial charge in [-0.05, 0) is 80.3 Å². The van der Waals surface area contributed by atoms with Gasteiger partial charge in [0.1, 0.15) is 11.9 Å². The highest BCUT2D eigenvalue weighted by Crippen LogP contribution is 2.46. The van der Waals surface area contributed by atoms with E-state index in [0.717, 1.165) is 54.0 Å². The fourth-order valence-corrected chi connectivity index (χ4v) is 5.76. The van der Waals surface area contributed by atoms with Crippen LogP contribution >= 0.6 is 11.6 Å². The molecule has 5 nitrogen and oxygen atoms in total. The first-order valence-electron chi connectivity index (χ1n) is 12.3. The summed E-state index contributed by atoms with van der Waals surface area (Å²) in [5.74, 6) is 0.0993. The van der Waals surface area contributed by atoms with Gasteiger partial charge in [0.25, 0.3) is 0 Å². The van der Waals surface area contributed by atoms with Crippen molar-refractivity contribution in [3.8, 4) is 5.75 Å². The van der Waals surface area contributed by atoms with Gasteiger partial charge in [0, 0.05) is 34.3 Å². The van der Waals surface area contributed by atoms with Gasteiger partial charge < -0.3 is 14.8 Å². The molecule has 2 aromatic carbocycles. The van der Waals surface area contributed by atoms with Crippen molar-refractivity contribution in [2.24, 2.45) is 0 Å². The van der Waals surface area contributed by atoms with Crippen LogP contribution in [-0.4, -0.2) is 25.0 Å². The van der Waals surface area contributed by atoms with Gasteiger partial charge in [-0.2, -0.15) is 0 Å². The molecule has 1 fully saturated rings. The van der Waals surface area contributed by atoms with Crippen molar-refractivity contribution >= 4 is 23.4 Å². The number of esters is 1. The molecule has 5 rings (SSSR count). The molecule has 0 spiro atoms. The molecule has 3 aliphatic rings. The van der Waals surface area contributed by atoms with Crippen LogP contribution in [0, 0.1) is 0 Å². The summed E-state index contributed by atoms with van der Waals surface area (Å²) >= 11 is 6.16. The van der Waals surface area contributed by atoms with Gasteiger partial charge in [0.15, 0.2) is 5.78 Å². The third-order valence-electron chi connectivity index (χ3n) is 7.41. The van der Waals surface area contributed by atoms with E-state index in [0.29, 0.717) is 29.0 Å². The second-order valence-corrected chi connectivity index (χ2v) is 10.1. The molecule has 0 radical (unpaired) electrons. The van der Waals surface area contributed by atoms with Crippen molar-refractivity contribution in [1.82, 2.24) is 5.32 Å². The van der Waals surface area contributed by atoms with Gasteiger partial charge in [-0.3, -0.25) is 4.79 Å². The molecule has 2 aliphatic carbocycles. The maximum Gasteiger partial charge on any atom is 0.337 e. The summed E-state index contributed by atoms with van der Waals surface area (Å²) in [7, 11) is 1.64. The minimum absolute atomic E-state index is 0.0504. The van der Waals surface area contributed by atoms with Crippen molar-refractivity contribution < 1.29 is 19.1 Å². The van der Waals surface area contributed by atoms with E-state index in [1.165, 1.54) is 0 Å². The van der Waals surface area contributed by atoms with Gasteiger partial charge in [0.2, 0.25) is 0 Å². The summed E-state index contributed by atoms with van der Waals surface area (Å²) in [6.45, 7) is 1.90. The Morgan fingerprint density at radius 1 is 0.971 bits per heavy atom. The van der Waals surface area contributed by atoms with Crippen LogP contribution in [0.1, 0.15) is 68.4 Å². The Labute approximate surface area is 211 Å². The summed E-state index contributed by atoms with van der Waals surface area (Å²) in [5, 5.41) is 4.04. The molecule has 2 aromatic rings. The average molecular weight is 492 g/mol. The fraction of sp³-hybridized carbons (Fsp3) is 0.379. The maximum atomic E-state index is 13.7. The molecule has 1 heterocycles. The lowest BCUT2D eigenvalue weighted by molar-refractivity contribution is -0.144. The number of halogens is 1. The molecule has 182 valence electrons. The van der Waals surface area contributed by atoms with Gasteiger partial charge in [-0.25, -0.2) is 4.79 Å². The molecule has 0 unspecified atom stereocenters. The molecule has 1 aliphatic heterocycles. The maximum absolute atomic E-state index is 13.7. The molecule has 0 aromatic heterocycles. The van der Waals surface area contributed by atoms with Crippen LogP contribution in [0.15, 0.2) is 71.1 Å². The third-order valence-corrected chi connectivity index (χ3v) is 7.67. The summed E-state index contributed by atoms with van der Waals surface area (Å²) in [4.78, 5) is 27.1. The zero-order valence-electron chi connectivity index (χ0n) is 20.1. The van der Waals surface area contributed by atoms with Crippen LogP contribution in [0.4, 0.5) is 0 Å². The normalized spacial score (nSPS) is 22.7. The molecule has 0 amide bonds. The molecule has 1 N–H and O–H groups in total. The van der Waals surface area contributed by atoms with Gasteiger partial charge in [0.05, 0.1) is 12.7 Å². The second-order valence-electron chi connectivity index (χ2n) is 9.65. The molecule has 35 heavy (non-hydrogen) atoms. The Balaban J connectivity index is 1.51. The Bertz CT molecular complexity index is 1190. The highest BCUT2D eigenvalue weighted by atomic mass is 35.5. The number of benzene rings is 2. The van der Waals surface area contributed by atoms with E-state index in [1.807, 2.05) is 55.5 Å². The summed E-state index contributed by atoms with van der Waals surface area (Å²) in [6.07, 6.45) is 4.98. The summed E-state index contributed by atoms with van der Waals surface area (Å²) in [5.41, 5.74) is 4.79. The van der Waals surface area contributed by atoms with Gasteiger partial charge in [-0.1, -0.05) is 35.9 Å². The van der Waals surface area contributed by atoms with Crippen molar-refractivity contribution in [2.45, 2.75) is 63.4 Å². The number of hydrogen-bond acceptors (Lipinski definition) is 5. The molecular weight excluding hydrogens is 462 g/mol. The molecule has 6 heteroatoms. The predicted octanol–water partition coefficient (Wildman–Crippen LogP) is 6.20. The van der Waals surface area contributed by atoms with Crippen LogP contribution in [0.5, 0.6) is 5.75 Å². The minimum Gasteiger partial charge on any atom is -0.497 e. The number of carbonyl (C=O) groups is 2. The lowest BCUT2D eigenvalue weighted by atomic mass is 9.71. The molecular formula is C29H30ClNO4. The van der Waals surface area contributed by atoms with E-state index < -0.39 is 5.92 Å². The average Bonchev–Trinajstić information content (AvgIpc) is 3.36.